The molecule has 0 aliphatic heterocycles. The lowest BCUT2D eigenvalue weighted by atomic mass is 10.2. The molecule has 0 aliphatic rings. The first-order valence-corrected chi connectivity index (χ1v) is 11.9. The summed E-state index contributed by atoms with van der Waals surface area (Å²) in [5.74, 6) is 0.713. The predicted molar refractivity (Wildman–Crippen MR) is 121 cm³/mol. The first kappa shape index (κ1) is 22.5. The number of carbonyl (C=O) groups is 1. The Morgan fingerprint density at radius 1 is 1.20 bits per heavy atom. The Morgan fingerprint density at radius 3 is 2.63 bits per heavy atom. The van der Waals surface area contributed by atoms with Crippen LogP contribution >= 0.6 is 15.9 Å². The van der Waals surface area contributed by atoms with Gasteiger partial charge in [0.1, 0.15) is 5.82 Å². The van der Waals surface area contributed by atoms with Crippen LogP contribution in [0.2, 0.25) is 0 Å². The van der Waals surface area contributed by atoms with Gasteiger partial charge in [-0.1, -0.05) is 28.1 Å². The number of halogens is 1. The quantitative estimate of drug-likeness (QED) is 0.522. The van der Waals surface area contributed by atoms with Crippen LogP contribution in [0.3, 0.4) is 0 Å². The van der Waals surface area contributed by atoms with Crippen LogP contribution in [0, 0.1) is 0 Å². The van der Waals surface area contributed by atoms with Gasteiger partial charge in [0.15, 0.2) is 0 Å². The summed E-state index contributed by atoms with van der Waals surface area (Å²) in [7, 11) is -0.520. The molecule has 0 unspecified atom stereocenters. The molecule has 3 aromatic rings. The van der Waals surface area contributed by atoms with E-state index in [4.69, 9.17) is 0 Å². The van der Waals surface area contributed by atoms with Gasteiger partial charge in [-0.3, -0.25) is 4.79 Å². The van der Waals surface area contributed by atoms with Gasteiger partial charge in [0.25, 0.3) is 0 Å². The van der Waals surface area contributed by atoms with E-state index in [2.05, 4.69) is 26.2 Å². The molecule has 3 rings (SSSR count). The lowest BCUT2D eigenvalue weighted by molar-refractivity contribution is -0.121. The monoisotopic (exact) mass is 492 g/mol. The predicted octanol–water partition coefficient (Wildman–Crippen LogP) is 3.32. The molecule has 0 radical (unpaired) electrons. The second kappa shape index (κ2) is 9.28. The second-order valence-electron chi connectivity index (χ2n) is 7.12. The summed E-state index contributed by atoms with van der Waals surface area (Å²) in [4.78, 5) is 17.1. The van der Waals surface area contributed by atoms with Gasteiger partial charge in [0.05, 0.1) is 15.9 Å². The van der Waals surface area contributed by atoms with Crippen LogP contribution in [0.5, 0.6) is 0 Å². The number of aromatic nitrogens is 2. The molecular weight excluding hydrogens is 468 g/mol. The van der Waals surface area contributed by atoms with Crippen molar-refractivity contribution in [3.63, 3.8) is 0 Å². The number of amides is 1. The third-order valence-electron chi connectivity index (χ3n) is 4.85. The number of rotatable bonds is 8. The number of fused-ring (bicyclic) bond motifs is 1. The average Bonchev–Trinajstić information content (AvgIpc) is 3.07. The molecule has 7 nitrogen and oxygen atoms in total. The lowest BCUT2D eigenvalue weighted by Gasteiger charge is -2.11. The van der Waals surface area contributed by atoms with E-state index < -0.39 is 10.0 Å². The lowest BCUT2D eigenvalue weighted by Crippen LogP contribution is -2.23. The van der Waals surface area contributed by atoms with Crippen LogP contribution in [0.4, 0.5) is 0 Å². The molecule has 1 aromatic heterocycles. The molecule has 1 amide bonds. The van der Waals surface area contributed by atoms with E-state index in [-0.39, 0.29) is 10.8 Å². The molecular formula is C21H25BrN4O3S. The first-order valence-electron chi connectivity index (χ1n) is 9.65. The van der Waals surface area contributed by atoms with Gasteiger partial charge in [-0.15, -0.1) is 0 Å². The summed E-state index contributed by atoms with van der Waals surface area (Å²) in [6, 6.07) is 12.8. The number of nitrogens with one attached hydrogen (secondary N) is 1. The normalized spacial score (nSPS) is 11.9. The van der Waals surface area contributed by atoms with E-state index in [1.165, 1.54) is 18.4 Å². The van der Waals surface area contributed by atoms with Crippen LogP contribution < -0.4 is 5.32 Å². The highest BCUT2D eigenvalue weighted by Gasteiger charge is 2.19. The van der Waals surface area contributed by atoms with E-state index in [0.29, 0.717) is 31.4 Å². The fraction of sp³-hybridized carbons (Fsp3) is 0.333. The Kier molecular flexibility index (Phi) is 6.95. The number of sulfonamides is 1. The number of carbonyl (C=O) groups excluding carboxylic acids is 1. The maximum Gasteiger partial charge on any atom is 0.242 e. The van der Waals surface area contributed by atoms with Crippen LogP contribution in [-0.2, 0) is 34.3 Å². The maximum atomic E-state index is 12.4. The van der Waals surface area contributed by atoms with Crippen LogP contribution in [0.1, 0.15) is 24.7 Å². The van der Waals surface area contributed by atoms with Gasteiger partial charge < -0.3 is 9.88 Å². The number of benzene rings is 2. The minimum absolute atomic E-state index is 0.0550. The van der Waals surface area contributed by atoms with Gasteiger partial charge in [-0.2, -0.15) is 0 Å². The topological polar surface area (TPSA) is 84.3 Å². The van der Waals surface area contributed by atoms with E-state index in [1.807, 2.05) is 35.8 Å². The van der Waals surface area contributed by atoms with Crippen molar-refractivity contribution in [1.29, 1.82) is 0 Å². The molecule has 1 N–H and O–H groups in total. The first-order chi connectivity index (χ1) is 14.2. The molecule has 0 saturated carbocycles. The Morgan fingerprint density at radius 2 is 1.97 bits per heavy atom. The van der Waals surface area contributed by atoms with Gasteiger partial charge in [-0.25, -0.2) is 17.7 Å². The van der Waals surface area contributed by atoms with Crippen molar-refractivity contribution in [2.24, 2.45) is 0 Å². The molecule has 0 aliphatic carbocycles. The van der Waals surface area contributed by atoms with Gasteiger partial charge >= 0.3 is 0 Å². The fourth-order valence-corrected chi connectivity index (χ4v) is 4.60. The standard InChI is InChI=1S/C21H25BrN4O3S/c1-4-26-19-9-8-17(30(28,29)25(2)3)13-18(19)24-20(26)10-11-21(27)23-14-15-6-5-7-16(22)12-15/h5-9,12-13H,4,10-11,14H2,1-3H3,(H,23,27). The number of hydrogen-bond acceptors (Lipinski definition) is 4. The summed E-state index contributed by atoms with van der Waals surface area (Å²) in [5.41, 5.74) is 2.50. The van der Waals surface area contributed by atoms with Crippen molar-refractivity contribution < 1.29 is 13.2 Å². The molecule has 0 spiro atoms. The number of imidazole rings is 1. The minimum atomic E-state index is -3.52. The highest BCUT2D eigenvalue weighted by Crippen LogP contribution is 2.22. The van der Waals surface area contributed by atoms with Crippen LogP contribution in [0.25, 0.3) is 11.0 Å². The number of hydrogen-bond donors (Lipinski definition) is 1. The zero-order chi connectivity index (χ0) is 21.9. The second-order valence-corrected chi connectivity index (χ2v) is 10.2. The van der Waals surface area contributed by atoms with Gasteiger partial charge in [0.2, 0.25) is 15.9 Å². The molecule has 1 heterocycles. The molecule has 0 saturated heterocycles. The van der Waals surface area contributed by atoms with Gasteiger partial charge in [-0.05, 0) is 42.8 Å². The average molecular weight is 493 g/mol. The summed E-state index contributed by atoms with van der Waals surface area (Å²) in [6.07, 6.45) is 0.781. The van der Waals surface area contributed by atoms with Crippen molar-refractivity contribution >= 4 is 42.9 Å². The maximum absolute atomic E-state index is 12.4. The summed E-state index contributed by atoms with van der Waals surface area (Å²) in [5, 5.41) is 2.93. The molecule has 30 heavy (non-hydrogen) atoms. The summed E-state index contributed by atoms with van der Waals surface area (Å²) >= 11 is 3.42. The fourth-order valence-electron chi connectivity index (χ4n) is 3.24. The Labute approximate surface area is 185 Å². The SMILES string of the molecule is CCn1c(CCC(=O)NCc2cccc(Br)c2)nc2cc(S(=O)(=O)N(C)C)ccc21. The van der Waals surface area contributed by atoms with Crippen molar-refractivity contribution in [3.8, 4) is 0 Å². The molecule has 0 atom stereocenters. The van der Waals surface area contributed by atoms with E-state index in [1.54, 1.807) is 18.2 Å². The zero-order valence-electron chi connectivity index (χ0n) is 17.2. The van der Waals surface area contributed by atoms with Crippen molar-refractivity contribution in [2.75, 3.05) is 14.1 Å². The Balaban J connectivity index is 1.73. The number of nitrogens with zero attached hydrogens (tertiary/aromatic N) is 3. The Hall–Kier alpha value is -2.23. The largest absolute Gasteiger partial charge is 0.352 e. The summed E-state index contributed by atoms with van der Waals surface area (Å²) in [6.45, 7) is 3.15. The molecule has 160 valence electrons. The Bertz CT molecular complexity index is 1170. The van der Waals surface area contributed by atoms with Crippen LogP contribution in [0.15, 0.2) is 51.8 Å². The highest BCUT2D eigenvalue weighted by molar-refractivity contribution is 9.10. The molecule has 0 fully saturated rings. The van der Waals surface area contributed by atoms with Crippen molar-refractivity contribution in [3.05, 3.63) is 58.3 Å². The summed E-state index contributed by atoms with van der Waals surface area (Å²) < 4.78 is 29.0. The number of aryl methyl sites for hydroxylation is 2. The van der Waals surface area contributed by atoms with Crippen molar-refractivity contribution in [2.45, 2.75) is 37.8 Å². The zero-order valence-corrected chi connectivity index (χ0v) is 19.6. The minimum Gasteiger partial charge on any atom is -0.352 e. The van der Waals surface area contributed by atoms with Crippen LogP contribution in [-0.4, -0.2) is 42.3 Å². The van der Waals surface area contributed by atoms with Gasteiger partial charge in [0, 0.05) is 44.5 Å². The third-order valence-corrected chi connectivity index (χ3v) is 7.15. The van der Waals surface area contributed by atoms with Crippen molar-refractivity contribution in [1.82, 2.24) is 19.2 Å². The molecule has 9 heteroatoms. The highest BCUT2D eigenvalue weighted by atomic mass is 79.9. The smallest absolute Gasteiger partial charge is 0.242 e. The van der Waals surface area contributed by atoms with E-state index in [9.17, 15) is 13.2 Å². The van der Waals surface area contributed by atoms with E-state index in [0.717, 1.165) is 21.4 Å². The molecule has 0 bridgehead atoms. The third kappa shape index (κ3) is 4.91. The van der Waals surface area contributed by atoms with E-state index >= 15 is 0 Å². The molecule has 2 aromatic carbocycles.